The van der Waals surface area contributed by atoms with Gasteiger partial charge in [-0.25, -0.2) is 0 Å². The first kappa shape index (κ1) is 10.8. The maximum absolute atomic E-state index is 6.26. The monoisotopic (exact) mass is 281 g/mol. The van der Waals surface area contributed by atoms with Crippen LogP contribution in [0.25, 0.3) is 0 Å². The Bertz CT molecular complexity index is 366. The Hall–Kier alpha value is -0.380. The molecule has 1 aliphatic carbocycles. The van der Waals surface area contributed by atoms with E-state index in [0.717, 1.165) is 24.0 Å². The van der Waals surface area contributed by atoms with Gasteiger partial charge in [0.1, 0.15) is 0 Å². The van der Waals surface area contributed by atoms with E-state index in [0.29, 0.717) is 6.10 Å². The van der Waals surface area contributed by atoms with Gasteiger partial charge in [0.25, 0.3) is 0 Å². The number of ether oxygens (including phenoxy) is 1. The second-order valence-electron chi connectivity index (χ2n) is 4.73. The summed E-state index contributed by atoms with van der Waals surface area (Å²) >= 11 is 3.47. The SMILES string of the molecule is Brc1ccc(C2(OC3CCNC3)CC2)cc1. The van der Waals surface area contributed by atoms with E-state index in [1.165, 1.54) is 18.4 Å². The van der Waals surface area contributed by atoms with E-state index >= 15 is 0 Å². The van der Waals surface area contributed by atoms with E-state index in [2.05, 4.69) is 45.5 Å². The van der Waals surface area contributed by atoms with Crippen LogP contribution in [0.3, 0.4) is 0 Å². The molecule has 86 valence electrons. The lowest BCUT2D eigenvalue weighted by Crippen LogP contribution is -2.24. The molecule has 3 rings (SSSR count). The molecule has 0 spiro atoms. The lowest BCUT2D eigenvalue weighted by molar-refractivity contribution is -0.0228. The molecular weight excluding hydrogens is 266 g/mol. The van der Waals surface area contributed by atoms with Gasteiger partial charge in [-0.2, -0.15) is 0 Å². The maximum Gasteiger partial charge on any atom is 0.0938 e. The van der Waals surface area contributed by atoms with Crippen molar-refractivity contribution in [1.82, 2.24) is 5.32 Å². The highest BCUT2D eigenvalue weighted by atomic mass is 79.9. The first-order valence-electron chi connectivity index (χ1n) is 5.93. The molecule has 0 bridgehead atoms. The average molecular weight is 282 g/mol. The maximum atomic E-state index is 6.26. The summed E-state index contributed by atoms with van der Waals surface area (Å²) in [6.45, 7) is 2.11. The zero-order chi connectivity index (χ0) is 11.0. The van der Waals surface area contributed by atoms with Crippen LogP contribution >= 0.6 is 15.9 Å². The van der Waals surface area contributed by atoms with Gasteiger partial charge in [-0.05, 0) is 43.5 Å². The van der Waals surface area contributed by atoms with Crippen LogP contribution in [0.1, 0.15) is 24.8 Å². The lowest BCUT2D eigenvalue weighted by atomic mass is 10.1. The van der Waals surface area contributed by atoms with Gasteiger partial charge in [0, 0.05) is 11.0 Å². The van der Waals surface area contributed by atoms with Crippen LogP contribution in [0.15, 0.2) is 28.7 Å². The van der Waals surface area contributed by atoms with Gasteiger partial charge in [-0.3, -0.25) is 0 Å². The Morgan fingerprint density at radius 1 is 1.25 bits per heavy atom. The van der Waals surface area contributed by atoms with Gasteiger partial charge >= 0.3 is 0 Å². The van der Waals surface area contributed by atoms with Crippen LogP contribution < -0.4 is 5.32 Å². The van der Waals surface area contributed by atoms with Gasteiger partial charge in [-0.1, -0.05) is 28.1 Å². The molecular formula is C13H16BrNO. The molecule has 2 nitrogen and oxygen atoms in total. The molecule has 1 N–H and O–H groups in total. The Morgan fingerprint density at radius 2 is 2.00 bits per heavy atom. The van der Waals surface area contributed by atoms with Crippen molar-refractivity contribution >= 4 is 15.9 Å². The molecule has 1 aromatic carbocycles. The fourth-order valence-electron chi connectivity index (χ4n) is 2.39. The molecule has 1 saturated heterocycles. The van der Waals surface area contributed by atoms with Crippen LogP contribution in [-0.2, 0) is 10.3 Å². The molecule has 2 aliphatic rings. The van der Waals surface area contributed by atoms with Crippen LogP contribution in [0.4, 0.5) is 0 Å². The van der Waals surface area contributed by atoms with Crippen molar-refractivity contribution in [1.29, 1.82) is 0 Å². The number of hydrogen-bond acceptors (Lipinski definition) is 2. The molecule has 1 heterocycles. The molecule has 1 unspecified atom stereocenters. The number of hydrogen-bond donors (Lipinski definition) is 1. The number of nitrogens with one attached hydrogen (secondary N) is 1. The summed E-state index contributed by atoms with van der Waals surface area (Å²) in [5.41, 5.74) is 1.37. The molecule has 2 fully saturated rings. The van der Waals surface area contributed by atoms with E-state index in [1.807, 2.05) is 0 Å². The smallest absolute Gasteiger partial charge is 0.0938 e. The fourth-order valence-corrected chi connectivity index (χ4v) is 2.65. The summed E-state index contributed by atoms with van der Waals surface area (Å²) < 4.78 is 7.39. The number of halogens is 1. The Balaban J connectivity index is 1.74. The van der Waals surface area contributed by atoms with Crippen molar-refractivity contribution in [3.63, 3.8) is 0 Å². The second kappa shape index (κ2) is 4.13. The normalized spacial score (nSPS) is 26.9. The number of rotatable bonds is 3. The third-order valence-electron chi connectivity index (χ3n) is 3.48. The summed E-state index contributed by atoms with van der Waals surface area (Å²) in [7, 11) is 0. The summed E-state index contributed by atoms with van der Waals surface area (Å²) in [4.78, 5) is 0. The zero-order valence-corrected chi connectivity index (χ0v) is 10.8. The zero-order valence-electron chi connectivity index (χ0n) is 9.21. The molecule has 1 aromatic rings. The van der Waals surface area contributed by atoms with Gasteiger partial charge in [-0.15, -0.1) is 0 Å². The van der Waals surface area contributed by atoms with Crippen LogP contribution in [0.5, 0.6) is 0 Å². The Labute approximate surface area is 105 Å². The molecule has 0 aromatic heterocycles. The van der Waals surface area contributed by atoms with E-state index in [4.69, 9.17) is 4.74 Å². The average Bonchev–Trinajstić information content (AvgIpc) is 2.88. The topological polar surface area (TPSA) is 21.3 Å². The molecule has 3 heteroatoms. The largest absolute Gasteiger partial charge is 0.366 e. The van der Waals surface area contributed by atoms with E-state index in [1.54, 1.807) is 0 Å². The predicted octanol–water partition coefficient (Wildman–Crippen LogP) is 2.82. The number of benzene rings is 1. The highest BCUT2D eigenvalue weighted by Gasteiger charge is 2.47. The van der Waals surface area contributed by atoms with Crippen molar-refractivity contribution in [3.8, 4) is 0 Å². The minimum Gasteiger partial charge on any atom is -0.366 e. The molecule has 1 aliphatic heterocycles. The molecule has 0 radical (unpaired) electrons. The molecule has 1 atom stereocenters. The Morgan fingerprint density at radius 3 is 2.56 bits per heavy atom. The highest BCUT2D eigenvalue weighted by molar-refractivity contribution is 9.10. The van der Waals surface area contributed by atoms with Gasteiger partial charge in [0.2, 0.25) is 0 Å². The van der Waals surface area contributed by atoms with Crippen molar-refractivity contribution in [3.05, 3.63) is 34.3 Å². The van der Waals surface area contributed by atoms with Gasteiger partial charge in [0.05, 0.1) is 11.7 Å². The summed E-state index contributed by atoms with van der Waals surface area (Å²) in [5, 5.41) is 3.35. The second-order valence-corrected chi connectivity index (χ2v) is 5.65. The Kier molecular flexibility index (Phi) is 2.78. The van der Waals surface area contributed by atoms with Crippen molar-refractivity contribution in [2.24, 2.45) is 0 Å². The van der Waals surface area contributed by atoms with Gasteiger partial charge < -0.3 is 10.1 Å². The summed E-state index contributed by atoms with van der Waals surface area (Å²) in [6.07, 6.45) is 3.90. The highest BCUT2D eigenvalue weighted by Crippen LogP contribution is 2.50. The van der Waals surface area contributed by atoms with Crippen LogP contribution in [0.2, 0.25) is 0 Å². The molecule has 0 amide bonds. The molecule has 16 heavy (non-hydrogen) atoms. The summed E-state index contributed by atoms with van der Waals surface area (Å²) in [5.74, 6) is 0. The predicted molar refractivity (Wildman–Crippen MR) is 67.4 cm³/mol. The van der Waals surface area contributed by atoms with Crippen molar-refractivity contribution in [2.45, 2.75) is 31.0 Å². The minimum absolute atomic E-state index is 0.0391. The van der Waals surface area contributed by atoms with Crippen molar-refractivity contribution < 1.29 is 4.74 Å². The first-order chi connectivity index (χ1) is 7.78. The van der Waals surface area contributed by atoms with Gasteiger partial charge in [0.15, 0.2) is 0 Å². The fraction of sp³-hybridized carbons (Fsp3) is 0.538. The third-order valence-corrected chi connectivity index (χ3v) is 4.01. The van der Waals surface area contributed by atoms with E-state index < -0.39 is 0 Å². The standard InChI is InChI=1S/C13H16BrNO/c14-11-3-1-10(2-4-11)13(6-7-13)16-12-5-8-15-9-12/h1-4,12,15H,5-9H2. The molecule has 1 saturated carbocycles. The van der Waals surface area contributed by atoms with Crippen molar-refractivity contribution in [2.75, 3.05) is 13.1 Å². The van der Waals surface area contributed by atoms with Crippen LogP contribution in [0, 0.1) is 0 Å². The lowest BCUT2D eigenvalue weighted by Gasteiger charge is -2.21. The van der Waals surface area contributed by atoms with E-state index in [-0.39, 0.29) is 5.60 Å². The van der Waals surface area contributed by atoms with E-state index in [9.17, 15) is 0 Å². The quantitative estimate of drug-likeness (QED) is 0.920. The first-order valence-corrected chi connectivity index (χ1v) is 6.72. The minimum atomic E-state index is 0.0391. The van der Waals surface area contributed by atoms with Crippen LogP contribution in [-0.4, -0.2) is 19.2 Å². The third kappa shape index (κ3) is 2.04. The summed E-state index contributed by atoms with van der Waals surface area (Å²) in [6, 6.07) is 8.57.